The Kier molecular flexibility index (Phi) is 5.09. The van der Waals surface area contributed by atoms with E-state index in [-0.39, 0.29) is 11.7 Å². The van der Waals surface area contributed by atoms with Gasteiger partial charge in [0.05, 0.1) is 12.0 Å². The van der Waals surface area contributed by atoms with Gasteiger partial charge in [-0.15, -0.1) is 0 Å². The number of nitrogens with zero attached hydrogens (tertiary/aromatic N) is 4. The number of hydrogen-bond acceptors (Lipinski definition) is 3. The van der Waals surface area contributed by atoms with Gasteiger partial charge in [-0.05, 0) is 41.8 Å². The molecule has 1 amide bonds. The third-order valence-electron chi connectivity index (χ3n) is 6.22. The summed E-state index contributed by atoms with van der Waals surface area (Å²) in [6.07, 6.45) is 4.17. The Morgan fingerprint density at radius 1 is 0.967 bits per heavy atom. The number of hydrogen-bond donors (Lipinski definition) is 0. The highest BCUT2D eigenvalue weighted by atomic mass is 19.1. The number of rotatable bonds is 4. The van der Waals surface area contributed by atoms with Gasteiger partial charge in [0.1, 0.15) is 5.82 Å². The highest BCUT2D eigenvalue weighted by molar-refractivity contribution is 5.76. The quantitative estimate of drug-likeness (QED) is 0.670. The normalized spacial score (nSPS) is 16.2. The first-order chi connectivity index (χ1) is 14.7. The number of carbonyl (C=O) groups is 1. The van der Waals surface area contributed by atoms with Crippen molar-refractivity contribution in [2.75, 3.05) is 19.6 Å². The summed E-state index contributed by atoms with van der Waals surface area (Å²) in [6, 6.07) is 14.9. The number of imidazole rings is 1. The van der Waals surface area contributed by atoms with Gasteiger partial charge in [0.25, 0.3) is 0 Å². The largest absolute Gasteiger partial charge is 0.338 e. The zero-order chi connectivity index (χ0) is 20.5. The Bertz CT molecular complexity index is 1060. The van der Waals surface area contributed by atoms with Crippen LogP contribution in [0.1, 0.15) is 28.9 Å². The number of benzene rings is 2. The van der Waals surface area contributed by atoms with Crippen LogP contribution >= 0.6 is 0 Å². The molecule has 0 N–H and O–H groups in total. The van der Waals surface area contributed by atoms with E-state index in [1.165, 1.54) is 29.0 Å². The molecule has 5 rings (SSSR count). The molecule has 2 aliphatic rings. The molecule has 0 bridgehead atoms. The first kappa shape index (κ1) is 19.0. The van der Waals surface area contributed by atoms with E-state index in [0.717, 1.165) is 56.9 Å². The molecule has 2 aromatic carbocycles. The average molecular weight is 404 g/mol. The minimum atomic E-state index is -0.235. The van der Waals surface area contributed by atoms with Crippen molar-refractivity contribution in [1.82, 2.24) is 19.4 Å². The van der Waals surface area contributed by atoms with Crippen LogP contribution in [0.15, 0.2) is 54.9 Å². The number of halogens is 1. The smallest absolute Gasteiger partial charge is 0.224 e. The summed E-state index contributed by atoms with van der Waals surface area (Å²) < 4.78 is 15.3. The van der Waals surface area contributed by atoms with Gasteiger partial charge in [-0.25, -0.2) is 9.37 Å². The third kappa shape index (κ3) is 3.75. The number of amides is 1. The fourth-order valence-electron chi connectivity index (χ4n) is 4.50. The molecule has 0 radical (unpaired) electrons. The Labute approximate surface area is 175 Å². The van der Waals surface area contributed by atoms with E-state index in [1.807, 2.05) is 21.9 Å². The predicted molar refractivity (Wildman–Crippen MR) is 113 cm³/mol. The maximum atomic E-state index is 13.2. The predicted octanol–water partition coefficient (Wildman–Crippen LogP) is 3.34. The number of aromatic nitrogens is 2. The van der Waals surface area contributed by atoms with Crippen LogP contribution in [0.4, 0.5) is 4.39 Å². The van der Waals surface area contributed by atoms with Gasteiger partial charge in [-0.1, -0.05) is 24.3 Å². The fourth-order valence-corrected chi connectivity index (χ4v) is 4.50. The van der Waals surface area contributed by atoms with Crippen molar-refractivity contribution in [2.45, 2.75) is 32.4 Å². The zero-order valence-electron chi connectivity index (χ0n) is 16.9. The van der Waals surface area contributed by atoms with Gasteiger partial charge in [0.2, 0.25) is 5.91 Å². The zero-order valence-corrected chi connectivity index (χ0v) is 16.9. The Morgan fingerprint density at radius 2 is 1.77 bits per heavy atom. The van der Waals surface area contributed by atoms with Crippen LogP contribution in [0.3, 0.4) is 0 Å². The van der Waals surface area contributed by atoms with Crippen molar-refractivity contribution in [2.24, 2.45) is 0 Å². The molecule has 2 aliphatic heterocycles. The average Bonchev–Trinajstić information content (AvgIpc) is 3.21. The van der Waals surface area contributed by atoms with Crippen LogP contribution in [0, 0.1) is 5.82 Å². The van der Waals surface area contributed by atoms with Gasteiger partial charge < -0.3 is 9.47 Å². The lowest BCUT2D eigenvalue weighted by Crippen LogP contribution is -2.39. The second-order valence-corrected chi connectivity index (χ2v) is 8.09. The Hall–Kier alpha value is -2.99. The minimum absolute atomic E-state index is 0.229. The molecule has 3 heterocycles. The third-order valence-corrected chi connectivity index (χ3v) is 6.22. The molecule has 0 atom stereocenters. The van der Waals surface area contributed by atoms with Gasteiger partial charge in [-0.2, -0.15) is 0 Å². The summed E-state index contributed by atoms with van der Waals surface area (Å²) >= 11 is 0. The fraction of sp³-hybridized carbons (Fsp3) is 0.333. The Balaban J connectivity index is 1.19. The minimum Gasteiger partial charge on any atom is -0.338 e. The molecule has 5 nitrogen and oxygen atoms in total. The maximum absolute atomic E-state index is 13.2. The molecule has 0 saturated carbocycles. The first-order valence-corrected chi connectivity index (χ1v) is 10.6. The summed E-state index contributed by atoms with van der Waals surface area (Å²) in [4.78, 5) is 21.6. The molecular weight excluding hydrogens is 379 g/mol. The van der Waals surface area contributed by atoms with Gasteiger partial charge in [0.15, 0.2) is 0 Å². The summed E-state index contributed by atoms with van der Waals surface area (Å²) in [5.41, 5.74) is 5.79. The molecule has 0 unspecified atom stereocenters. The molecule has 0 spiro atoms. The summed E-state index contributed by atoms with van der Waals surface area (Å²) in [5.74, 6) is -0.00656. The molecule has 1 aromatic heterocycles. The van der Waals surface area contributed by atoms with Crippen LogP contribution in [0.25, 0.3) is 5.69 Å². The summed E-state index contributed by atoms with van der Waals surface area (Å²) in [5, 5.41) is 0. The van der Waals surface area contributed by atoms with E-state index in [4.69, 9.17) is 0 Å². The van der Waals surface area contributed by atoms with Crippen LogP contribution in [-0.4, -0.2) is 44.9 Å². The molecular formula is C24H25FN4O. The van der Waals surface area contributed by atoms with Crippen molar-refractivity contribution in [3.05, 3.63) is 83.2 Å². The van der Waals surface area contributed by atoms with Crippen molar-refractivity contribution < 1.29 is 9.18 Å². The van der Waals surface area contributed by atoms with Crippen LogP contribution in [0.5, 0.6) is 0 Å². The lowest BCUT2D eigenvalue weighted by molar-refractivity contribution is -0.132. The van der Waals surface area contributed by atoms with E-state index in [2.05, 4.69) is 28.1 Å². The molecule has 154 valence electrons. The first-order valence-electron chi connectivity index (χ1n) is 10.6. The van der Waals surface area contributed by atoms with Crippen LogP contribution in [-0.2, 0) is 30.7 Å². The topological polar surface area (TPSA) is 41.4 Å². The van der Waals surface area contributed by atoms with Crippen LogP contribution < -0.4 is 0 Å². The number of carbonyl (C=O) groups excluding carboxylic acids is 1. The van der Waals surface area contributed by atoms with Gasteiger partial charge >= 0.3 is 0 Å². The van der Waals surface area contributed by atoms with Gasteiger partial charge in [0, 0.05) is 56.9 Å². The lowest BCUT2D eigenvalue weighted by Gasteiger charge is -2.31. The standard InChI is InChI=1S/C24H25FN4O/c25-20-5-7-21(8-6-20)29-17-26-22-16-27(12-10-23(22)29)13-11-24(30)28-14-9-18-3-1-2-4-19(18)15-28/h1-8,17H,9-16H2. The maximum Gasteiger partial charge on any atom is 0.224 e. The van der Waals surface area contributed by atoms with Crippen molar-refractivity contribution in [3.63, 3.8) is 0 Å². The van der Waals surface area contributed by atoms with E-state index >= 15 is 0 Å². The second-order valence-electron chi connectivity index (χ2n) is 8.09. The van der Waals surface area contributed by atoms with Crippen molar-refractivity contribution in [3.8, 4) is 5.69 Å². The number of fused-ring (bicyclic) bond motifs is 2. The summed E-state index contributed by atoms with van der Waals surface area (Å²) in [7, 11) is 0. The highest BCUT2D eigenvalue weighted by Gasteiger charge is 2.24. The van der Waals surface area contributed by atoms with Crippen molar-refractivity contribution >= 4 is 5.91 Å². The Morgan fingerprint density at radius 3 is 2.60 bits per heavy atom. The van der Waals surface area contributed by atoms with E-state index in [9.17, 15) is 9.18 Å². The molecule has 0 saturated heterocycles. The molecule has 6 heteroatoms. The monoisotopic (exact) mass is 404 g/mol. The van der Waals surface area contributed by atoms with E-state index in [0.29, 0.717) is 6.42 Å². The van der Waals surface area contributed by atoms with E-state index in [1.54, 1.807) is 12.1 Å². The molecule has 30 heavy (non-hydrogen) atoms. The van der Waals surface area contributed by atoms with E-state index < -0.39 is 0 Å². The second kappa shape index (κ2) is 8.03. The molecule has 3 aromatic rings. The summed E-state index contributed by atoms with van der Waals surface area (Å²) in [6.45, 7) is 3.93. The highest BCUT2D eigenvalue weighted by Crippen LogP contribution is 2.23. The van der Waals surface area contributed by atoms with Crippen molar-refractivity contribution in [1.29, 1.82) is 0 Å². The van der Waals surface area contributed by atoms with Gasteiger partial charge in [-0.3, -0.25) is 9.69 Å². The molecule has 0 fully saturated rings. The molecule has 0 aliphatic carbocycles. The SMILES string of the molecule is O=C(CCN1CCc2c(ncn2-c2ccc(F)cc2)C1)N1CCc2ccccc2C1. The van der Waals surface area contributed by atoms with Crippen LogP contribution in [0.2, 0.25) is 0 Å². The lowest BCUT2D eigenvalue weighted by atomic mass is 10.00.